The zero-order valence-corrected chi connectivity index (χ0v) is 12.6. The molecule has 0 amide bonds. The lowest BCUT2D eigenvalue weighted by molar-refractivity contribution is 0.00578. The standard InChI is InChI=1S/C14H21BFNO3/c1-9(18)6-10-11(7-17-8-12(10)16)15-19-13(2,3)14(4,5)20-15/h7-9,18H,6H2,1-5H3. The van der Waals surface area contributed by atoms with Crippen LogP contribution in [-0.4, -0.2) is 34.5 Å². The number of rotatable bonds is 3. The fourth-order valence-electron chi connectivity index (χ4n) is 2.16. The van der Waals surface area contributed by atoms with Gasteiger partial charge in [-0.3, -0.25) is 4.98 Å². The molecule has 0 aromatic carbocycles. The van der Waals surface area contributed by atoms with E-state index in [1.807, 2.05) is 27.7 Å². The lowest BCUT2D eigenvalue weighted by atomic mass is 9.76. The molecule has 1 aromatic heterocycles. The van der Waals surface area contributed by atoms with Gasteiger partial charge in [0.1, 0.15) is 5.82 Å². The largest absolute Gasteiger partial charge is 0.496 e. The van der Waals surface area contributed by atoms with Gasteiger partial charge in [0.15, 0.2) is 0 Å². The normalized spacial score (nSPS) is 22.1. The molecular formula is C14H21BFNO3. The summed E-state index contributed by atoms with van der Waals surface area (Å²) >= 11 is 0. The van der Waals surface area contributed by atoms with Crippen LogP contribution in [0.2, 0.25) is 0 Å². The highest BCUT2D eigenvalue weighted by molar-refractivity contribution is 6.62. The van der Waals surface area contributed by atoms with Crippen LogP contribution in [0.3, 0.4) is 0 Å². The predicted molar refractivity (Wildman–Crippen MR) is 75.3 cm³/mol. The Labute approximate surface area is 119 Å². The summed E-state index contributed by atoms with van der Waals surface area (Å²) in [6.45, 7) is 9.37. The molecule has 0 bridgehead atoms. The van der Waals surface area contributed by atoms with Crippen molar-refractivity contribution in [2.45, 2.75) is 58.3 Å². The molecule has 1 aliphatic heterocycles. The van der Waals surface area contributed by atoms with Crippen LogP contribution in [0.15, 0.2) is 12.4 Å². The first kappa shape index (κ1) is 15.4. The van der Waals surface area contributed by atoms with Gasteiger partial charge in [-0.1, -0.05) is 0 Å². The van der Waals surface area contributed by atoms with Gasteiger partial charge in [0, 0.05) is 18.1 Å². The van der Waals surface area contributed by atoms with Crippen LogP contribution in [0.4, 0.5) is 4.39 Å². The van der Waals surface area contributed by atoms with Crippen LogP contribution in [0.5, 0.6) is 0 Å². The highest BCUT2D eigenvalue weighted by Gasteiger charge is 2.52. The molecule has 0 spiro atoms. The Hall–Kier alpha value is -0.975. The minimum atomic E-state index is -0.669. The van der Waals surface area contributed by atoms with E-state index in [9.17, 15) is 9.50 Å². The van der Waals surface area contributed by atoms with E-state index in [2.05, 4.69) is 4.98 Å². The average molecular weight is 281 g/mol. The van der Waals surface area contributed by atoms with Crippen LogP contribution >= 0.6 is 0 Å². The SMILES string of the molecule is CC(O)Cc1c(F)cncc1B1OC(C)(C)C(C)(C)O1. The minimum Gasteiger partial charge on any atom is -0.399 e. The number of halogens is 1. The Morgan fingerprint density at radius 3 is 2.30 bits per heavy atom. The highest BCUT2D eigenvalue weighted by Crippen LogP contribution is 2.36. The minimum absolute atomic E-state index is 0.202. The summed E-state index contributed by atoms with van der Waals surface area (Å²) in [6, 6.07) is 0. The first-order valence-corrected chi connectivity index (χ1v) is 6.80. The van der Waals surface area contributed by atoms with Crippen LogP contribution < -0.4 is 5.46 Å². The maximum atomic E-state index is 14.0. The predicted octanol–water partition coefficient (Wildman–Crippen LogP) is 1.44. The second kappa shape index (κ2) is 5.09. The quantitative estimate of drug-likeness (QED) is 0.852. The lowest BCUT2D eigenvalue weighted by Crippen LogP contribution is -2.41. The molecule has 1 aromatic rings. The maximum Gasteiger partial charge on any atom is 0.496 e. The number of aromatic nitrogens is 1. The van der Waals surface area contributed by atoms with Crippen molar-refractivity contribution < 1.29 is 18.8 Å². The zero-order valence-electron chi connectivity index (χ0n) is 12.6. The van der Waals surface area contributed by atoms with Gasteiger partial charge in [0.2, 0.25) is 0 Å². The molecule has 110 valence electrons. The van der Waals surface area contributed by atoms with Crippen molar-refractivity contribution in [3.05, 3.63) is 23.8 Å². The summed E-state index contributed by atoms with van der Waals surface area (Å²) in [4.78, 5) is 3.88. The van der Waals surface area contributed by atoms with Gasteiger partial charge in [-0.15, -0.1) is 0 Å². The monoisotopic (exact) mass is 281 g/mol. The van der Waals surface area contributed by atoms with Crippen molar-refractivity contribution in [1.82, 2.24) is 4.98 Å². The summed E-state index contributed by atoms with van der Waals surface area (Å²) < 4.78 is 25.8. The summed E-state index contributed by atoms with van der Waals surface area (Å²) in [5, 5.41) is 9.53. The molecule has 0 saturated carbocycles. The van der Waals surface area contributed by atoms with Crippen molar-refractivity contribution in [2.75, 3.05) is 0 Å². The smallest absolute Gasteiger partial charge is 0.399 e. The molecule has 0 aliphatic carbocycles. The van der Waals surface area contributed by atoms with E-state index in [1.165, 1.54) is 0 Å². The lowest BCUT2D eigenvalue weighted by Gasteiger charge is -2.32. The van der Waals surface area contributed by atoms with Gasteiger partial charge in [-0.05, 0) is 40.2 Å². The number of aliphatic hydroxyl groups excluding tert-OH is 1. The van der Waals surface area contributed by atoms with Crippen molar-refractivity contribution >= 4 is 12.6 Å². The van der Waals surface area contributed by atoms with Crippen LogP contribution in [0, 0.1) is 5.82 Å². The third kappa shape index (κ3) is 2.73. The summed E-state index contributed by atoms with van der Waals surface area (Å²) in [5.41, 5.74) is -0.0453. The van der Waals surface area contributed by atoms with Gasteiger partial charge in [-0.25, -0.2) is 4.39 Å². The molecule has 4 nitrogen and oxygen atoms in total. The molecule has 0 radical (unpaired) electrons. The molecule has 1 atom stereocenters. The topological polar surface area (TPSA) is 51.6 Å². The fraction of sp³-hybridized carbons (Fsp3) is 0.643. The van der Waals surface area contributed by atoms with Gasteiger partial charge < -0.3 is 14.4 Å². The summed E-state index contributed by atoms with van der Waals surface area (Å²) in [5.74, 6) is -0.446. The Bertz CT molecular complexity index is 489. The van der Waals surface area contributed by atoms with Gasteiger partial charge in [0.05, 0.1) is 23.5 Å². The molecular weight excluding hydrogens is 260 g/mol. The van der Waals surface area contributed by atoms with Crippen molar-refractivity contribution in [3.63, 3.8) is 0 Å². The van der Waals surface area contributed by atoms with Crippen molar-refractivity contribution in [3.8, 4) is 0 Å². The maximum absolute atomic E-state index is 14.0. The number of hydrogen-bond acceptors (Lipinski definition) is 4. The number of aliphatic hydroxyl groups is 1. The van der Waals surface area contributed by atoms with Crippen molar-refractivity contribution in [1.29, 1.82) is 0 Å². The van der Waals surface area contributed by atoms with Gasteiger partial charge >= 0.3 is 7.12 Å². The number of hydrogen-bond donors (Lipinski definition) is 1. The number of nitrogens with zero attached hydrogens (tertiary/aromatic N) is 1. The third-order valence-electron chi connectivity index (χ3n) is 4.04. The molecule has 6 heteroatoms. The number of pyridine rings is 1. The van der Waals surface area contributed by atoms with E-state index >= 15 is 0 Å². The first-order chi connectivity index (χ1) is 9.14. The van der Waals surface area contributed by atoms with Crippen LogP contribution in [0.25, 0.3) is 0 Å². The molecule has 2 heterocycles. The third-order valence-corrected chi connectivity index (χ3v) is 4.04. The fourth-order valence-corrected chi connectivity index (χ4v) is 2.16. The van der Waals surface area contributed by atoms with Gasteiger partial charge in [0.25, 0.3) is 0 Å². The molecule has 1 fully saturated rings. The second-order valence-electron chi connectivity index (χ2n) is 6.33. The summed E-state index contributed by atoms with van der Waals surface area (Å²) in [7, 11) is -0.669. The van der Waals surface area contributed by atoms with E-state index in [0.29, 0.717) is 11.0 Å². The second-order valence-corrected chi connectivity index (χ2v) is 6.33. The Morgan fingerprint density at radius 1 is 1.25 bits per heavy atom. The molecule has 20 heavy (non-hydrogen) atoms. The first-order valence-electron chi connectivity index (χ1n) is 6.80. The Morgan fingerprint density at radius 2 is 1.80 bits per heavy atom. The Kier molecular flexibility index (Phi) is 3.93. The molecule has 2 rings (SSSR count). The van der Waals surface area contributed by atoms with E-state index in [1.54, 1.807) is 13.1 Å². The Balaban J connectivity index is 2.37. The van der Waals surface area contributed by atoms with E-state index in [4.69, 9.17) is 9.31 Å². The molecule has 1 N–H and O–H groups in total. The van der Waals surface area contributed by atoms with Crippen LogP contribution in [0.1, 0.15) is 40.2 Å². The molecule has 1 unspecified atom stereocenters. The average Bonchev–Trinajstić information content (AvgIpc) is 2.50. The van der Waals surface area contributed by atoms with E-state index < -0.39 is 30.2 Å². The van der Waals surface area contributed by atoms with Crippen LogP contribution in [-0.2, 0) is 15.7 Å². The zero-order chi connectivity index (χ0) is 15.1. The summed E-state index contributed by atoms with van der Waals surface area (Å²) in [6.07, 6.45) is 2.25. The van der Waals surface area contributed by atoms with E-state index in [0.717, 1.165) is 6.20 Å². The van der Waals surface area contributed by atoms with Gasteiger partial charge in [-0.2, -0.15) is 0 Å². The molecule has 1 saturated heterocycles. The van der Waals surface area contributed by atoms with E-state index in [-0.39, 0.29) is 6.42 Å². The molecule has 1 aliphatic rings. The highest BCUT2D eigenvalue weighted by atomic mass is 19.1. The van der Waals surface area contributed by atoms with Crippen molar-refractivity contribution in [2.24, 2.45) is 0 Å².